The van der Waals surface area contributed by atoms with E-state index in [-0.39, 0.29) is 0 Å². The van der Waals surface area contributed by atoms with Gasteiger partial charge >= 0.3 is 0 Å². The Balaban J connectivity index is 2.01. The maximum absolute atomic E-state index is 6.14. The summed E-state index contributed by atoms with van der Waals surface area (Å²) >= 11 is 2.10. The highest BCUT2D eigenvalue weighted by Crippen LogP contribution is 2.32. The Bertz CT molecular complexity index is 194. The molecule has 2 fully saturated rings. The second kappa shape index (κ2) is 6.27. The van der Waals surface area contributed by atoms with Gasteiger partial charge in [-0.15, -0.1) is 0 Å². The zero-order valence-electron chi connectivity index (χ0n) is 10.4. The van der Waals surface area contributed by atoms with Crippen LogP contribution in [0.1, 0.15) is 44.9 Å². The normalized spacial score (nSPS) is 28.3. The van der Waals surface area contributed by atoms with Gasteiger partial charge in [0.25, 0.3) is 0 Å². The molecule has 94 valence electrons. The van der Waals surface area contributed by atoms with Gasteiger partial charge in [0.1, 0.15) is 0 Å². The highest BCUT2D eigenvalue weighted by Gasteiger charge is 2.35. The van der Waals surface area contributed by atoms with Crippen LogP contribution in [0.2, 0.25) is 0 Å². The summed E-state index contributed by atoms with van der Waals surface area (Å²) in [5.74, 6) is 2.61. The molecule has 2 nitrogen and oxygen atoms in total. The highest BCUT2D eigenvalue weighted by atomic mass is 32.2. The predicted octanol–water partition coefficient (Wildman–Crippen LogP) is 2.48. The van der Waals surface area contributed by atoms with E-state index in [4.69, 9.17) is 5.73 Å². The predicted molar refractivity (Wildman–Crippen MR) is 73.0 cm³/mol. The molecule has 2 aliphatic rings. The van der Waals surface area contributed by atoms with Crippen LogP contribution in [0.25, 0.3) is 0 Å². The van der Waals surface area contributed by atoms with E-state index in [0.717, 1.165) is 6.54 Å². The topological polar surface area (TPSA) is 29.3 Å². The van der Waals surface area contributed by atoms with Gasteiger partial charge in [-0.25, -0.2) is 0 Å². The smallest absolute Gasteiger partial charge is 0.0332 e. The van der Waals surface area contributed by atoms with Gasteiger partial charge in [0.2, 0.25) is 0 Å². The quantitative estimate of drug-likeness (QED) is 0.806. The summed E-state index contributed by atoms with van der Waals surface area (Å²) in [5, 5.41) is 0. The molecule has 0 aromatic carbocycles. The molecule has 1 aliphatic heterocycles. The maximum Gasteiger partial charge on any atom is 0.0332 e. The Hall–Kier alpha value is 0.270. The molecule has 3 heteroatoms. The van der Waals surface area contributed by atoms with Crippen molar-refractivity contribution < 1.29 is 0 Å². The maximum atomic E-state index is 6.14. The Labute approximate surface area is 104 Å². The van der Waals surface area contributed by atoms with Gasteiger partial charge in [-0.05, 0) is 12.8 Å². The average Bonchev–Trinajstić information content (AvgIpc) is 2.31. The lowest BCUT2D eigenvalue weighted by atomic mass is 9.82. The van der Waals surface area contributed by atoms with Crippen molar-refractivity contribution in [1.82, 2.24) is 4.90 Å². The van der Waals surface area contributed by atoms with Crippen LogP contribution < -0.4 is 5.73 Å². The van der Waals surface area contributed by atoms with Crippen LogP contribution in [0.4, 0.5) is 0 Å². The molecule has 2 rings (SSSR count). The van der Waals surface area contributed by atoms with Crippen molar-refractivity contribution in [3.05, 3.63) is 0 Å². The number of nitrogens with two attached hydrogens (primary N) is 1. The summed E-state index contributed by atoms with van der Waals surface area (Å²) in [5.41, 5.74) is 6.50. The largest absolute Gasteiger partial charge is 0.329 e. The molecule has 0 aromatic heterocycles. The summed E-state index contributed by atoms with van der Waals surface area (Å²) in [6.45, 7) is 3.40. The first-order valence-electron chi connectivity index (χ1n) is 6.90. The Morgan fingerprint density at radius 2 is 1.50 bits per heavy atom. The van der Waals surface area contributed by atoms with Gasteiger partial charge in [0.15, 0.2) is 0 Å². The molecule has 0 bridgehead atoms. The van der Waals surface area contributed by atoms with Gasteiger partial charge in [0.05, 0.1) is 0 Å². The highest BCUT2D eigenvalue weighted by molar-refractivity contribution is 7.99. The molecule has 0 spiro atoms. The van der Waals surface area contributed by atoms with Gasteiger partial charge in [-0.3, -0.25) is 4.90 Å². The molecule has 16 heavy (non-hydrogen) atoms. The van der Waals surface area contributed by atoms with E-state index < -0.39 is 0 Å². The standard InChI is InChI=1S/C13H26N2S/c14-12-13(15-8-10-16-11-9-15)6-4-2-1-3-5-7-13/h1-12,14H2. The zero-order valence-corrected chi connectivity index (χ0v) is 11.2. The molecule has 2 N–H and O–H groups in total. The minimum absolute atomic E-state index is 0.362. The van der Waals surface area contributed by atoms with Crippen LogP contribution in [0.15, 0.2) is 0 Å². The fraction of sp³-hybridized carbons (Fsp3) is 1.00. The lowest BCUT2D eigenvalue weighted by Crippen LogP contribution is -2.56. The molecule has 0 amide bonds. The van der Waals surface area contributed by atoms with Gasteiger partial charge in [-0.2, -0.15) is 11.8 Å². The molecule has 1 saturated carbocycles. The van der Waals surface area contributed by atoms with Crippen molar-refractivity contribution in [2.75, 3.05) is 31.1 Å². The van der Waals surface area contributed by atoms with Crippen molar-refractivity contribution in [1.29, 1.82) is 0 Å². The van der Waals surface area contributed by atoms with Crippen molar-refractivity contribution in [3.8, 4) is 0 Å². The van der Waals surface area contributed by atoms with Crippen molar-refractivity contribution in [2.45, 2.75) is 50.5 Å². The molecule has 1 heterocycles. The third-order valence-corrected chi connectivity index (χ3v) is 5.29. The SMILES string of the molecule is NCC1(N2CCSCC2)CCCCCCC1. The Morgan fingerprint density at radius 1 is 0.938 bits per heavy atom. The molecular formula is C13H26N2S. The summed E-state index contributed by atoms with van der Waals surface area (Å²) in [4.78, 5) is 2.72. The first-order chi connectivity index (χ1) is 7.87. The van der Waals surface area contributed by atoms with E-state index in [1.54, 1.807) is 0 Å². The fourth-order valence-electron chi connectivity index (χ4n) is 3.25. The third-order valence-electron chi connectivity index (χ3n) is 4.35. The van der Waals surface area contributed by atoms with E-state index in [1.807, 2.05) is 0 Å². The van der Waals surface area contributed by atoms with Gasteiger partial charge in [-0.1, -0.05) is 32.1 Å². The molecule has 0 unspecified atom stereocenters. The molecular weight excluding hydrogens is 216 g/mol. The monoisotopic (exact) mass is 242 g/mol. The lowest BCUT2D eigenvalue weighted by molar-refractivity contribution is 0.0770. The Morgan fingerprint density at radius 3 is 2.06 bits per heavy atom. The molecule has 0 aromatic rings. The lowest BCUT2D eigenvalue weighted by Gasteiger charge is -2.46. The van der Waals surface area contributed by atoms with Crippen molar-refractivity contribution >= 4 is 11.8 Å². The minimum Gasteiger partial charge on any atom is -0.329 e. The van der Waals surface area contributed by atoms with E-state index in [0.29, 0.717) is 5.54 Å². The minimum atomic E-state index is 0.362. The fourth-order valence-corrected chi connectivity index (χ4v) is 4.15. The van der Waals surface area contributed by atoms with E-state index >= 15 is 0 Å². The average molecular weight is 242 g/mol. The van der Waals surface area contributed by atoms with Crippen LogP contribution >= 0.6 is 11.8 Å². The molecule has 1 aliphatic carbocycles. The summed E-state index contributed by atoms with van der Waals surface area (Å²) in [7, 11) is 0. The van der Waals surface area contributed by atoms with Crippen LogP contribution in [-0.4, -0.2) is 41.6 Å². The summed E-state index contributed by atoms with van der Waals surface area (Å²) < 4.78 is 0. The Kier molecular flexibility index (Phi) is 4.98. The number of hydrogen-bond donors (Lipinski definition) is 1. The number of nitrogens with zero attached hydrogens (tertiary/aromatic N) is 1. The van der Waals surface area contributed by atoms with E-state index in [1.165, 1.54) is 69.5 Å². The molecule has 0 atom stereocenters. The number of rotatable bonds is 2. The summed E-state index contributed by atoms with van der Waals surface area (Å²) in [6.07, 6.45) is 9.75. The first kappa shape index (κ1) is 12.7. The van der Waals surface area contributed by atoms with E-state index in [9.17, 15) is 0 Å². The number of thioether (sulfide) groups is 1. The van der Waals surface area contributed by atoms with Crippen LogP contribution in [-0.2, 0) is 0 Å². The van der Waals surface area contributed by atoms with Crippen molar-refractivity contribution in [2.24, 2.45) is 5.73 Å². The number of hydrogen-bond acceptors (Lipinski definition) is 3. The molecule has 1 saturated heterocycles. The second-order valence-electron chi connectivity index (χ2n) is 5.30. The second-order valence-corrected chi connectivity index (χ2v) is 6.52. The van der Waals surface area contributed by atoms with Crippen molar-refractivity contribution in [3.63, 3.8) is 0 Å². The van der Waals surface area contributed by atoms with E-state index in [2.05, 4.69) is 16.7 Å². The first-order valence-corrected chi connectivity index (χ1v) is 8.06. The van der Waals surface area contributed by atoms with Gasteiger partial charge in [0, 0.05) is 36.7 Å². The van der Waals surface area contributed by atoms with Crippen LogP contribution in [0, 0.1) is 0 Å². The third kappa shape index (κ3) is 2.93. The summed E-state index contributed by atoms with van der Waals surface area (Å²) in [6, 6.07) is 0. The van der Waals surface area contributed by atoms with Crippen LogP contribution in [0.3, 0.4) is 0 Å². The van der Waals surface area contributed by atoms with Crippen LogP contribution in [0.5, 0.6) is 0 Å². The zero-order chi connectivity index (χ0) is 11.3. The molecule has 0 radical (unpaired) electrons. The van der Waals surface area contributed by atoms with Gasteiger partial charge < -0.3 is 5.73 Å².